The number of aromatic nitrogens is 4. The SMILES string of the molecule is Cc1c(C(=O)N2CCC[C@H](c3nnc(-c4ccccc4F)s3)C2)cnn1-c1ccccc1. The fraction of sp³-hybridized carbons (Fsp3) is 0.250. The molecule has 1 aliphatic heterocycles. The smallest absolute Gasteiger partial charge is 0.257 e. The quantitative estimate of drug-likeness (QED) is 0.448. The molecular weight excluding hydrogens is 425 g/mol. The summed E-state index contributed by atoms with van der Waals surface area (Å²) in [5.41, 5.74) is 2.82. The van der Waals surface area contributed by atoms with Gasteiger partial charge in [0.1, 0.15) is 10.8 Å². The number of nitrogens with zero attached hydrogens (tertiary/aromatic N) is 5. The van der Waals surface area contributed by atoms with E-state index in [1.807, 2.05) is 42.2 Å². The maximum Gasteiger partial charge on any atom is 0.257 e. The first-order valence-electron chi connectivity index (χ1n) is 10.6. The number of carbonyl (C=O) groups excluding carboxylic acids is 1. The Morgan fingerprint density at radius 1 is 1.09 bits per heavy atom. The number of amides is 1. The van der Waals surface area contributed by atoms with Crippen molar-refractivity contribution < 1.29 is 9.18 Å². The molecule has 1 amide bonds. The molecule has 1 atom stereocenters. The van der Waals surface area contributed by atoms with Crippen LogP contribution in [0.25, 0.3) is 16.3 Å². The molecule has 4 aromatic rings. The third-order valence-electron chi connectivity index (χ3n) is 5.84. The lowest BCUT2D eigenvalue weighted by Crippen LogP contribution is -2.39. The van der Waals surface area contributed by atoms with Crippen LogP contribution in [-0.2, 0) is 0 Å². The Kier molecular flexibility index (Phi) is 5.53. The molecular formula is C24H22FN5OS. The summed E-state index contributed by atoms with van der Waals surface area (Å²) in [5.74, 6) is -0.232. The molecule has 0 spiro atoms. The number of para-hydroxylation sites is 1. The molecule has 0 aliphatic carbocycles. The van der Waals surface area contributed by atoms with Crippen LogP contribution in [0.5, 0.6) is 0 Å². The summed E-state index contributed by atoms with van der Waals surface area (Å²) in [6.45, 7) is 3.19. The van der Waals surface area contributed by atoms with Gasteiger partial charge in [0.05, 0.1) is 23.1 Å². The maximum atomic E-state index is 14.1. The standard InChI is InChI=1S/C24H22FN5OS/c1-16-20(14-26-30(16)18-9-3-2-4-10-18)24(31)29-13-7-8-17(15-29)22-27-28-23(32-22)19-11-5-6-12-21(19)25/h2-6,9-12,14,17H,7-8,13,15H2,1H3/t17-/m0/s1. The Balaban J connectivity index is 1.34. The van der Waals surface area contributed by atoms with Gasteiger partial charge >= 0.3 is 0 Å². The molecule has 6 nitrogen and oxygen atoms in total. The van der Waals surface area contributed by atoms with E-state index in [1.54, 1.807) is 29.1 Å². The summed E-state index contributed by atoms with van der Waals surface area (Å²) in [6.07, 6.45) is 3.46. The fourth-order valence-electron chi connectivity index (χ4n) is 4.13. The van der Waals surface area contributed by atoms with E-state index in [-0.39, 0.29) is 17.6 Å². The number of piperidine rings is 1. The average Bonchev–Trinajstić information content (AvgIpc) is 3.47. The van der Waals surface area contributed by atoms with Gasteiger partial charge in [0, 0.05) is 24.6 Å². The van der Waals surface area contributed by atoms with Crippen molar-refractivity contribution >= 4 is 17.2 Å². The Bertz CT molecular complexity index is 1250. The molecule has 0 bridgehead atoms. The monoisotopic (exact) mass is 447 g/mol. The number of hydrogen-bond acceptors (Lipinski definition) is 5. The molecule has 0 unspecified atom stereocenters. The molecule has 1 saturated heterocycles. The minimum Gasteiger partial charge on any atom is -0.338 e. The first kappa shape index (κ1) is 20.5. The van der Waals surface area contributed by atoms with E-state index in [0.717, 1.165) is 29.2 Å². The Hall–Kier alpha value is -3.39. The molecule has 32 heavy (non-hydrogen) atoms. The highest BCUT2D eigenvalue weighted by Gasteiger charge is 2.29. The van der Waals surface area contributed by atoms with Gasteiger partial charge in [-0.1, -0.05) is 41.7 Å². The van der Waals surface area contributed by atoms with Crippen molar-refractivity contribution in [2.24, 2.45) is 0 Å². The summed E-state index contributed by atoms with van der Waals surface area (Å²) in [7, 11) is 0. The molecule has 1 aliphatic rings. The van der Waals surface area contributed by atoms with Gasteiger partial charge in [-0.3, -0.25) is 4.79 Å². The largest absolute Gasteiger partial charge is 0.338 e. The summed E-state index contributed by atoms with van der Waals surface area (Å²) >= 11 is 1.40. The summed E-state index contributed by atoms with van der Waals surface area (Å²) < 4.78 is 15.9. The predicted molar refractivity (Wildman–Crippen MR) is 121 cm³/mol. The van der Waals surface area contributed by atoms with Gasteiger partial charge < -0.3 is 4.90 Å². The van der Waals surface area contributed by atoms with Crippen molar-refractivity contribution in [2.75, 3.05) is 13.1 Å². The van der Waals surface area contributed by atoms with E-state index in [2.05, 4.69) is 15.3 Å². The molecule has 3 heterocycles. The highest BCUT2D eigenvalue weighted by Crippen LogP contribution is 2.34. The van der Waals surface area contributed by atoms with Crippen molar-refractivity contribution in [2.45, 2.75) is 25.7 Å². The first-order valence-corrected chi connectivity index (χ1v) is 11.4. The third kappa shape index (κ3) is 3.82. The zero-order valence-electron chi connectivity index (χ0n) is 17.6. The molecule has 0 radical (unpaired) electrons. The fourth-order valence-corrected chi connectivity index (χ4v) is 5.12. The normalized spacial score (nSPS) is 16.3. The van der Waals surface area contributed by atoms with Gasteiger partial charge in [-0.2, -0.15) is 5.10 Å². The second-order valence-electron chi connectivity index (χ2n) is 7.91. The number of hydrogen-bond donors (Lipinski definition) is 0. The van der Waals surface area contributed by atoms with E-state index < -0.39 is 0 Å². The summed E-state index contributed by atoms with van der Waals surface area (Å²) in [4.78, 5) is 15.2. The predicted octanol–water partition coefficient (Wildman–Crippen LogP) is 4.86. The van der Waals surface area contributed by atoms with Crippen LogP contribution in [0.2, 0.25) is 0 Å². The molecule has 5 rings (SSSR count). The Morgan fingerprint density at radius 2 is 1.88 bits per heavy atom. The van der Waals surface area contributed by atoms with E-state index in [1.165, 1.54) is 17.4 Å². The maximum absolute atomic E-state index is 14.1. The van der Waals surface area contributed by atoms with Crippen molar-refractivity contribution in [1.29, 1.82) is 0 Å². The van der Waals surface area contributed by atoms with Crippen LogP contribution in [-0.4, -0.2) is 43.9 Å². The van der Waals surface area contributed by atoms with Crippen LogP contribution in [0.1, 0.15) is 39.8 Å². The van der Waals surface area contributed by atoms with Crippen LogP contribution >= 0.6 is 11.3 Å². The van der Waals surface area contributed by atoms with Gasteiger partial charge in [-0.25, -0.2) is 9.07 Å². The van der Waals surface area contributed by atoms with Crippen molar-refractivity contribution in [3.63, 3.8) is 0 Å². The molecule has 2 aromatic heterocycles. The first-order chi connectivity index (χ1) is 15.6. The van der Waals surface area contributed by atoms with Gasteiger partial charge in [0.15, 0.2) is 5.01 Å². The Labute approximate surface area is 189 Å². The average molecular weight is 448 g/mol. The minimum absolute atomic E-state index is 0.0202. The van der Waals surface area contributed by atoms with Gasteiger partial charge in [-0.15, -0.1) is 10.2 Å². The highest BCUT2D eigenvalue weighted by atomic mass is 32.1. The number of halogens is 1. The van der Waals surface area contributed by atoms with Crippen LogP contribution < -0.4 is 0 Å². The molecule has 2 aromatic carbocycles. The van der Waals surface area contributed by atoms with Crippen LogP contribution in [0.3, 0.4) is 0 Å². The van der Waals surface area contributed by atoms with Crippen LogP contribution in [0, 0.1) is 12.7 Å². The zero-order valence-corrected chi connectivity index (χ0v) is 18.4. The van der Waals surface area contributed by atoms with Crippen LogP contribution in [0.15, 0.2) is 60.8 Å². The summed E-state index contributed by atoms with van der Waals surface area (Å²) in [6, 6.07) is 16.4. The second kappa shape index (κ2) is 8.63. The molecule has 8 heteroatoms. The third-order valence-corrected chi connectivity index (χ3v) is 6.96. The Morgan fingerprint density at radius 3 is 2.69 bits per heavy atom. The molecule has 162 valence electrons. The van der Waals surface area contributed by atoms with Gasteiger partial charge in [-0.05, 0) is 44.0 Å². The lowest BCUT2D eigenvalue weighted by atomic mass is 9.98. The lowest BCUT2D eigenvalue weighted by Gasteiger charge is -2.31. The lowest BCUT2D eigenvalue weighted by molar-refractivity contribution is 0.0706. The van der Waals surface area contributed by atoms with E-state index >= 15 is 0 Å². The van der Waals surface area contributed by atoms with E-state index in [0.29, 0.717) is 29.2 Å². The number of rotatable bonds is 4. The molecule has 0 saturated carbocycles. The van der Waals surface area contributed by atoms with Crippen molar-refractivity contribution in [3.8, 4) is 16.3 Å². The van der Waals surface area contributed by atoms with Crippen molar-refractivity contribution in [3.05, 3.63) is 82.9 Å². The zero-order chi connectivity index (χ0) is 22.1. The summed E-state index contributed by atoms with van der Waals surface area (Å²) in [5, 5.41) is 14.4. The van der Waals surface area contributed by atoms with Gasteiger partial charge in [0.2, 0.25) is 0 Å². The highest BCUT2D eigenvalue weighted by molar-refractivity contribution is 7.14. The van der Waals surface area contributed by atoms with E-state index in [4.69, 9.17) is 0 Å². The van der Waals surface area contributed by atoms with Crippen molar-refractivity contribution in [1.82, 2.24) is 24.9 Å². The number of benzene rings is 2. The second-order valence-corrected chi connectivity index (χ2v) is 8.92. The minimum atomic E-state index is -0.304. The molecule has 1 fully saturated rings. The van der Waals surface area contributed by atoms with E-state index in [9.17, 15) is 9.18 Å². The van der Waals surface area contributed by atoms with Crippen LogP contribution in [0.4, 0.5) is 4.39 Å². The number of carbonyl (C=O) groups is 1. The number of likely N-dealkylation sites (tertiary alicyclic amines) is 1. The topological polar surface area (TPSA) is 63.9 Å². The molecule has 0 N–H and O–H groups in total. The van der Waals surface area contributed by atoms with Gasteiger partial charge in [0.25, 0.3) is 5.91 Å².